The third kappa shape index (κ3) is 3.47. The molecule has 1 N–H and O–H groups in total. The lowest BCUT2D eigenvalue weighted by Gasteiger charge is -2.34. The first-order valence-corrected chi connectivity index (χ1v) is 9.05. The third-order valence-corrected chi connectivity index (χ3v) is 5.85. The molecule has 0 aromatic heterocycles. The van der Waals surface area contributed by atoms with E-state index in [4.69, 9.17) is 4.74 Å². The molecule has 1 aromatic rings. The van der Waals surface area contributed by atoms with Crippen molar-refractivity contribution in [3.63, 3.8) is 0 Å². The lowest BCUT2D eigenvalue weighted by molar-refractivity contribution is -0.151. The zero-order valence-electron chi connectivity index (χ0n) is 14.6. The number of hydrogen-bond donors (Lipinski definition) is 1. The van der Waals surface area contributed by atoms with Crippen LogP contribution in [0.25, 0.3) is 0 Å². The molecule has 1 amide bonds. The van der Waals surface area contributed by atoms with Crippen LogP contribution in [0.4, 0.5) is 0 Å². The first-order valence-electron chi connectivity index (χ1n) is 9.05. The molecule has 130 valence electrons. The van der Waals surface area contributed by atoms with E-state index in [1.165, 1.54) is 6.42 Å². The lowest BCUT2D eigenvalue weighted by Crippen LogP contribution is -2.45. The molecule has 2 aliphatic carbocycles. The summed E-state index contributed by atoms with van der Waals surface area (Å²) in [5.41, 5.74) is 0.471. The van der Waals surface area contributed by atoms with Gasteiger partial charge in [-0.05, 0) is 36.7 Å². The number of rotatable bonds is 5. The van der Waals surface area contributed by atoms with Crippen molar-refractivity contribution in [2.45, 2.75) is 57.4 Å². The summed E-state index contributed by atoms with van der Waals surface area (Å²) in [5.74, 6) is 0.643. The van der Waals surface area contributed by atoms with Crippen LogP contribution in [0, 0.1) is 11.8 Å². The summed E-state index contributed by atoms with van der Waals surface area (Å²) in [5, 5.41) is 3.05. The average molecular weight is 329 g/mol. The van der Waals surface area contributed by atoms with E-state index in [1.807, 2.05) is 30.3 Å². The van der Waals surface area contributed by atoms with Crippen LogP contribution in [0.2, 0.25) is 0 Å². The van der Waals surface area contributed by atoms with Gasteiger partial charge < -0.3 is 10.1 Å². The highest BCUT2D eigenvalue weighted by molar-refractivity contribution is 5.89. The number of carbonyl (C=O) groups excluding carboxylic acids is 2. The summed E-state index contributed by atoms with van der Waals surface area (Å²) < 4.78 is 5.34. The smallest absolute Gasteiger partial charge is 0.317 e. The van der Waals surface area contributed by atoms with E-state index in [-0.39, 0.29) is 24.5 Å². The van der Waals surface area contributed by atoms with Crippen molar-refractivity contribution in [3.05, 3.63) is 35.9 Å². The van der Waals surface area contributed by atoms with E-state index in [0.29, 0.717) is 11.8 Å². The van der Waals surface area contributed by atoms with Crippen LogP contribution in [0.1, 0.15) is 51.5 Å². The number of amides is 1. The standard InChI is InChI=1S/C20H27NO3/c1-14-7-6-10-17(15(14)2)21-18(22)13-24-19(23)20(11-12-20)16-8-4-3-5-9-16/h3-5,8-9,14-15,17H,6-7,10-13H2,1-2H3,(H,21,22)/t14-,15-,17-/m1/s1. The fourth-order valence-corrected chi connectivity index (χ4v) is 3.80. The Balaban J connectivity index is 1.51. The molecule has 4 nitrogen and oxygen atoms in total. The normalized spacial score (nSPS) is 28.0. The summed E-state index contributed by atoms with van der Waals surface area (Å²) in [6, 6.07) is 9.91. The minimum atomic E-state index is -0.520. The SMILES string of the molecule is C[C@@H]1[C@H](C)CCC[C@H]1NC(=O)COC(=O)C1(c2ccccc2)CC1. The maximum atomic E-state index is 12.4. The maximum absolute atomic E-state index is 12.4. The second kappa shape index (κ2) is 6.96. The Hall–Kier alpha value is -1.84. The fraction of sp³-hybridized carbons (Fsp3) is 0.600. The summed E-state index contributed by atoms with van der Waals surface area (Å²) in [4.78, 5) is 24.6. The Morgan fingerprint density at radius 1 is 1.17 bits per heavy atom. The predicted octanol–water partition coefficient (Wildman–Crippen LogP) is 3.20. The summed E-state index contributed by atoms with van der Waals surface area (Å²) >= 11 is 0. The molecule has 1 aromatic carbocycles. The molecule has 24 heavy (non-hydrogen) atoms. The molecule has 3 atom stereocenters. The van der Waals surface area contributed by atoms with Gasteiger partial charge in [-0.1, -0.05) is 57.0 Å². The van der Waals surface area contributed by atoms with E-state index >= 15 is 0 Å². The molecule has 0 unspecified atom stereocenters. The van der Waals surface area contributed by atoms with Crippen molar-refractivity contribution in [1.29, 1.82) is 0 Å². The first kappa shape index (κ1) is 17.0. The molecular weight excluding hydrogens is 302 g/mol. The molecule has 2 aliphatic rings. The molecule has 0 saturated heterocycles. The van der Waals surface area contributed by atoms with Crippen molar-refractivity contribution >= 4 is 11.9 Å². The van der Waals surface area contributed by atoms with Gasteiger partial charge in [-0.15, -0.1) is 0 Å². The van der Waals surface area contributed by atoms with Gasteiger partial charge in [-0.25, -0.2) is 0 Å². The molecule has 2 fully saturated rings. The Labute approximate surface area is 144 Å². The Morgan fingerprint density at radius 3 is 2.54 bits per heavy atom. The van der Waals surface area contributed by atoms with Crippen molar-refractivity contribution in [3.8, 4) is 0 Å². The van der Waals surface area contributed by atoms with Gasteiger partial charge in [0.05, 0.1) is 5.41 Å². The highest BCUT2D eigenvalue weighted by Crippen LogP contribution is 2.49. The van der Waals surface area contributed by atoms with Gasteiger partial charge in [0.2, 0.25) is 0 Å². The fourth-order valence-electron chi connectivity index (χ4n) is 3.80. The molecule has 4 heteroatoms. The molecule has 2 saturated carbocycles. The van der Waals surface area contributed by atoms with Gasteiger partial charge in [0.1, 0.15) is 0 Å². The number of ether oxygens (including phenoxy) is 1. The second-order valence-electron chi connectivity index (χ2n) is 7.47. The molecule has 0 bridgehead atoms. The van der Waals surface area contributed by atoms with E-state index in [9.17, 15) is 9.59 Å². The Kier molecular flexibility index (Phi) is 4.93. The van der Waals surface area contributed by atoms with Gasteiger partial charge >= 0.3 is 5.97 Å². The van der Waals surface area contributed by atoms with Gasteiger partial charge in [0.15, 0.2) is 6.61 Å². The number of esters is 1. The topological polar surface area (TPSA) is 55.4 Å². The molecule has 0 radical (unpaired) electrons. The number of nitrogens with one attached hydrogen (secondary N) is 1. The maximum Gasteiger partial charge on any atom is 0.317 e. The van der Waals surface area contributed by atoms with Crippen LogP contribution >= 0.6 is 0 Å². The number of carbonyl (C=O) groups is 2. The molecule has 3 rings (SSSR count). The predicted molar refractivity (Wildman–Crippen MR) is 92.4 cm³/mol. The van der Waals surface area contributed by atoms with Crippen LogP contribution in [0.3, 0.4) is 0 Å². The monoisotopic (exact) mass is 329 g/mol. The Bertz CT molecular complexity index is 594. The zero-order chi connectivity index (χ0) is 17.2. The largest absolute Gasteiger partial charge is 0.455 e. The average Bonchev–Trinajstić information content (AvgIpc) is 3.40. The van der Waals surface area contributed by atoms with Crippen LogP contribution in [0.15, 0.2) is 30.3 Å². The van der Waals surface area contributed by atoms with E-state index in [0.717, 1.165) is 31.2 Å². The number of hydrogen-bond acceptors (Lipinski definition) is 3. The highest BCUT2D eigenvalue weighted by atomic mass is 16.5. The quantitative estimate of drug-likeness (QED) is 0.844. The van der Waals surface area contributed by atoms with Gasteiger partial charge in [-0.2, -0.15) is 0 Å². The molecular formula is C20H27NO3. The Morgan fingerprint density at radius 2 is 1.88 bits per heavy atom. The van der Waals surface area contributed by atoms with Crippen molar-refractivity contribution in [2.75, 3.05) is 6.61 Å². The van der Waals surface area contributed by atoms with E-state index < -0.39 is 5.41 Å². The summed E-state index contributed by atoms with van der Waals surface area (Å²) in [6.07, 6.45) is 4.98. The lowest BCUT2D eigenvalue weighted by atomic mass is 9.78. The van der Waals surface area contributed by atoms with Crippen LogP contribution < -0.4 is 5.32 Å². The van der Waals surface area contributed by atoms with Gasteiger partial charge in [0.25, 0.3) is 5.91 Å². The van der Waals surface area contributed by atoms with Crippen molar-refractivity contribution < 1.29 is 14.3 Å². The molecule has 0 heterocycles. The summed E-state index contributed by atoms with van der Waals surface area (Å²) in [6.45, 7) is 4.25. The molecule has 0 spiro atoms. The summed E-state index contributed by atoms with van der Waals surface area (Å²) in [7, 11) is 0. The first-order chi connectivity index (χ1) is 11.5. The minimum Gasteiger partial charge on any atom is -0.455 e. The third-order valence-electron chi connectivity index (χ3n) is 5.85. The highest BCUT2D eigenvalue weighted by Gasteiger charge is 2.52. The minimum absolute atomic E-state index is 0.176. The van der Waals surface area contributed by atoms with Crippen molar-refractivity contribution in [1.82, 2.24) is 5.32 Å². The van der Waals surface area contributed by atoms with Crippen LogP contribution in [0.5, 0.6) is 0 Å². The van der Waals surface area contributed by atoms with Crippen molar-refractivity contribution in [2.24, 2.45) is 11.8 Å². The van der Waals surface area contributed by atoms with Gasteiger partial charge in [-0.3, -0.25) is 9.59 Å². The zero-order valence-corrected chi connectivity index (χ0v) is 14.6. The van der Waals surface area contributed by atoms with E-state index in [1.54, 1.807) is 0 Å². The second-order valence-corrected chi connectivity index (χ2v) is 7.47. The van der Waals surface area contributed by atoms with Crippen LogP contribution in [-0.4, -0.2) is 24.5 Å². The number of benzene rings is 1. The van der Waals surface area contributed by atoms with E-state index in [2.05, 4.69) is 19.2 Å². The molecule has 0 aliphatic heterocycles. The van der Waals surface area contributed by atoms with Crippen LogP contribution in [-0.2, 0) is 19.7 Å². The van der Waals surface area contributed by atoms with Gasteiger partial charge in [0, 0.05) is 6.04 Å².